The number of nitrogens with one attached hydrogen (secondary N) is 1. The predicted octanol–water partition coefficient (Wildman–Crippen LogP) is 5.05. The zero-order valence-corrected chi connectivity index (χ0v) is 11.4. The van der Waals surface area contributed by atoms with Crippen LogP contribution in [-0.2, 0) is 0 Å². The summed E-state index contributed by atoms with van der Waals surface area (Å²) in [5, 5.41) is 0.462. The first-order valence-corrected chi connectivity index (χ1v) is 7.05. The minimum Gasteiger partial charge on any atom is -0.342 e. The van der Waals surface area contributed by atoms with Gasteiger partial charge < -0.3 is 4.98 Å². The molecule has 0 bridgehead atoms. The quantitative estimate of drug-likeness (QED) is 0.784. The predicted molar refractivity (Wildman–Crippen MR) is 71.9 cm³/mol. The Labute approximate surface area is 119 Å². The van der Waals surface area contributed by atoms with Gasteiger partial charge in [0.05, 0.1) is 16.5 Å². The first-order valence-electron chi connectivity index (χ1n) is 6.67. The number of para-hydroxylation sites is 1. The monoisotopic (exact) mass is 302 g/mol. The Morgan fingerprint density at radius 1 is 1.20 bits per heavy atom. The van der Waals surface area contributed by atoms with Gasteiger partial charge in [0, 0.05) is 5.92 Å². The van der Waals surface area contributed by atoms with E-state index in [1.54, 1.807) is 18.2 Å². The van der Waals surface area contributed by atoms with Crippen LogP contribution in [-0.4, -0.2) is 16.1 Å². The van der Waals surface area contributed by atoms with Crippen LogP contribution in [0.2, 0.25) is 5.02 Å². The van der Waals surface area contributed by atoms with Crippen LogP contribution in [0.15, 0.2) is 18.2 Å². The molecule has 0 aliphatic heterocycles. The molecule has 20 heavy (non-hydrogen) atoms. The number of aromatic amines is 1. The molecule has 1 heterocycles. The number of aromatic nitrogens is 2. The molecule has 0 saturated heterocycles. The summed E-state index contributed by atoms with van der Waals surface area (Å²) in [4.78, 5) is 7.32. The molecule has 1 N–H and O–H groups in total. The van der Waals surface area contributed by atoms with Crippen molar-refractivity contribution in [2.75, 3.05) is 0 Å². The number of imidazole rings is 1. The highest BCUT2D eigenvalue weighted by molar-refractivity contribution is 6.34. The molecular formula is C14H14ClF3N2. The lowest BCUT2D eigenvalue weighted by molar-refractivity contribution is -0.187. The van der Waals surface area contributed by atoms with E-state index < -0.39 is 18.0 Å². The number of H-pyrrole nitrogens is 1. The molecular weight excluding hydrogens is 289 g/mol. The number of hydrogen-bond acceptors (Lipinski definition) is 1. The molecule has 3 rings (SSSR count). The lowest BCUT2D eigenvalue weighted by atomic mass is 9.78. The molecule has 0 radical (unpaired) electrons. The normalized spacial score (nSPS) is 24.2. The molecule has 2 unspecified atom stereocenters. The Morgan fingerprint density at radius 2 is 1.95 bits per heavy atom. The number of nitrogens with zero attached hydrogens (tertiary/aromatic N) is 1. The molecule has 2 atom stereocenters. The van der Waals surface area contributed by atoms with Crippen LogP contribution in [0.1, 0.15) is 37.4 Å². The fourth-order valence-electron chi connectivity index (χ4n) is 3.04. The lowest BCUT2D eigenvalue weighted by Gasteiger charge is -2.31. The van der Waals surface area contributed by atoms with E-state index in [1.165, 1.54) is 0 Å². The fraction of sp³-hybridized carbons (Fsp3) is 0.500. The van der Waals surface area contributed by atoms with E-state index in [0.29, 0.717) is 34.7 Å². The summed E-state index contributed by atoms with van der Waals surface area (Å²) in [5.41, 5.74) is 1.25. The van der Waals surface area contributed by atoms with Crippen molar-refractivity contribution in [3.63, 3.8) is 0 Å². The molecule has 1 aliphatic rings. The van der Waals surface area contributed by atoms with Crippen molar-refractivity contribution in [2.45, 2.75) is 37.8 Å². The molecule has 108 valence electrons. The van der Waals surface area contributed by atoms with Crippen molar-refractivity contribution in [1.82, 2.24) is 9.97 Å². The maximum absolute atomic E-state index is 13.1. The number of halogens is 4. The second-order valence-corrected chi connectivity index (χ2v) is 5.70. The highest BCUT2D eigenvalue weighted by Crippen LogP contribution is 2.46. The van der Waals surface area contributed by atoms with Gasteiger partial charge in [-0.3, -0.25) is 0 Å². The van der Waals surface area contributed by atoms with Gasteiger partial charge in [0.25, 0.3) is 0 Å². The number of fused-ring (bicyclic) bond motifs is 1. The zero-order valence-electron chi connectivity index (χ0n) is 10.7. The van der Waals surface area contributed by atoms with E-state index in [1.807, 2.05) is 0 Å². The SMILES string of the molecule is FC(F)(F)C1CCCCC1c1nc2c(Cl)cccc2[nH]1. The summed E-state index contributed by atoms with van der Waals surface area (Å²) in [7, 11) is 0. The van der Waals surface area contributed by atoms with Crippen molar-refractivity contribution in [2.24, 2.45) is 5.92 Å². The van der Waals surface area contributed by atoms with Crippen LogP contribution in [0.3, 0.4) is 0 Å². The third-order valence-corrected chi connectivity index (χ3v) is 4.32. The second kappa shape index (κ2) is 4.95. The summed E-state index contributed by atoms with van der Waals surface area (Å²) < 4.78 is 39.4. The first kappa shape index (κ1) is 13.7. The summed E-state index contributed by atoms with van der Waals surface area (Å²) in [6, 6.07) is 5.23. The lowest BCUT2D eigenvalue weighted by Crippen LogP contribution is -2.32. The van der Waals surface area contributed by atoms with Crippen molar-refractivity contribution in [3.8, 4) is 0 Å². The van der Waals surface area contributed by atoms with Crippen molar-refractivity contribution in [3.05, 3.63) is 29.0 Å². The van der Waals surface area contributed by atoms with E-state index in [2.05, 4.69) is 9.97 Å². The minimum atomic E-state index is -4.17. The van der Waals surface area contributed by atoms with Gasteiger partial charge in [0.15, 0.2) is 0 Å². The topological polar surface area (TPSA) is 28.7 Å². The Bertz CT molecular complexity index is 620. The molecule has 2 nitrogen and oxygen atoms in total. The van der Waals surface area contributed by atoms with Gasteiger partial charge in [-0.15, -0.1) is 0 Å². The molecule has 1 fully saturated rings. The summed E-state index contributed by atoms with van der Waals surface area (Å²) in [6.45, 7) is 0. The second-order valence-electron chi connectivity index (χ2n) is 5.30. The molecule has 1 aromatic carbocycles. The van der Waals surface area contributed by atoms with E-state index in [9.17, 15) is 13.2 Å². The minimum absolute atomic E-state index is 0.180. The molecule has 2 aromatic rings. The summed E-state index contributed by atoms with van der Waals surface area (Å²) >= 11 is 6.03. The van der Waals surface area contributed by atoms with Gasteiger partial charge in [-0.2, -0.15) is 13.2 Å². The number of rotatable bonds is 1. The maximum Gasteiger partial charge on any atom is 0.392 e. The molecule has 0 amide bonds. The van der Waals surface area contributed by atoms with Crippen LogP contribution in [0.4, 0.5) is 13.2 Å². The zero-order chi connectivity index (χ0) is 14.3. The maximum atomic E-state index is 13.1. The summed E-state index contributed by atoms with van der Waals surface area (Å²) in [5.74, 6) is -1.49. The third kappa shape index (κ3) is 2.39. The number of alkyl halides is 3. The fourth-order valence-corrected chi connectivity index (χ4v) is 3.26. The Kier molecular flexibility index (Phi) is 3.40. The van der Waals surface area contributed by atoms with Crippen molar-refractivity contribution in [1.29, 1.82) is 0 Å². The van der Waals surface area contributed by atoms with E-state index >= 15 is 0 Å². The number of hydrogen-bond donors (Lipinski definition) is 1. The van der Waals surface area contributed by atoms with Crippen LogP contribution in [0, 0.1) is 5.92 Å². The molecule has 0 spiro atoms. The average molecular weight is 303 g/mol. The third-order valence-electron chi connectivity index (χ3n) is 4.02. The van der Waals surface area contributed by atoms with Gasteiger partial charge in [-0.1, -0.05) is 30.5 Å². The summed E-state index contributed by atoms with van der Waals surface area (Å²) in [6.07, 6.45) is -2.04. The van der Waals surface area contributed by atoms with Crippen LogP contribution in [0.5, 0.6) is 0 Å². The highest BCUT2D eigenvalue weighted by Gasteiger charge is 2.46. The van der Waals surface area contributed by atoms with Crippen molar-refractivity contribution >= 4 is 22.6 Å². The molecule has 6 heteroatoms. The standard InChI is InChI=1S/C14H14ClF3N2/c15-10-6-3-7-11-12(10)20-13(19-11)8-4-1-2-5-9(8)14(16,17)18/h3,6-9H,1-2,4-5H2,(H,19,20). The van der Waals surface area contributed by atoms with E-state index in [4.69, 9.17) is 11.6 Å². The first-order chi connectivity index (χ1) is 9.47. The Hall–Kier alpha value is -1.23. The van der Waals surface area contributed by atoms with Gasteiger partial charge in [0.1, 0.15) is 11.3 Å². The average Bonchev–Trinajstić information content (AvgIpc) is 2.83. The molecule has 1 aliphatic carbocycles. The van der Waals surface area contributed by atoms with Gasteiger partial charge in [-0.25, -0.2) is 4.98 Å². The Balaban J connectivity index is 2.02. The van der Waals surface area contributed by atoms with Crippen molar-refractivity contribution < 1.29 is 13.2 Å². The Morgan fingerprint density at radius 3 is 2.65 bits per heavy atom. The van der Waals surface area contributed by atoms with Gasteiger partial charge in [-0.05, 0) is 25.0 Å². The van der Waals surface area contributed by atoms with Crippen LogP contribution in [0.25, 0.3) is 11.0 Å². The van der Waals surface area contributed by atoms with Gasteiger partial charge in [0.2, 0.25) is 0 Å². The van der Waals surface area contributed by atoms with Crippen LogP contribution >= 0.6 is 11.6 Å². The smallest absolute Gasteiger partial charge is 0.342 e. The largest absolute Gasteiger partial charge is 0.392 e. The molecule has 1 aromatic heterocycles. The van der Waals surface area contributed by atoms with E-state index in [-0.39, 0.29) is 6.42 Å². The van der Waals surface area contributed by atoms with Gasteiger partial charge >= 0.3 is 6.18 Å². The number of benzene rings is 1. The molecule has 1 saturated carbocycles. The van der Waals surface area contributed by atoms with Crippen LogP contribution < -0.4 is 0 Å². The van der Waals surface area contributed by atoms with E-state index in [0.717, 1.165) is 6.42 Å². The highest BCUT2D eigenvalue weighted by atomic mass is 35.5.